The summed E-state index contributed by atoms with van der Waals surface area (Å²) in [6.45, 7) is 5.85. The Kier molecular flexibility index (Phi) is 3.97. The van der Waals surface area contributed by atoms with Gasteiger partial charge in [-0.1, -0.05) is 13.8 Å². The van der Waals surface area contributed by atoms with Crippen molar-refractivity contribution in [3.8, 4) is 0 Å². The number of rotatable bonds is 4. The fourth-order valence-electron chi connectivity index (χ4n) is 1.46. The molecule has 1 aromatic heterocycles. The zero-order chi connectivity index (χ0) is 11.4. The first-order valence-electron chi connectivity index (χ1n) is 5.23. The average Bonchev–Trinajstić information content (AvgIpc) is 2.27. The Morgan fingerprint density at radius 3 is 2.60 bits per heavy atom. The summed E-state index contributed by atoms with van der Waals surface area (Å²) >= 11 is 0. The number of carbonyl (C=O) groups is 1. The highest BCUT2D eigenvalue weighted by atomic mass is 16.1. The average molecular weight is 206 g/mol. The second-order valence-corrected chi connectivity index (χ2v) is 3.99. The number of nitrogens with one attached hydrogen (secondary N) is 1. The molecule has 1 rings (SSSR count). The third kappa shape index (κ3) is 2.63. The van der Waals surface area contributed by atoms with Crippen LogP contribution in [-0.4, -0.2) is 17.8 Å². The van der Waals surface area contributed by atoms with E-state index in [-0.39, 0.29) is 17.7 Å². The van der Waals surface area contributed by atoms with Crippen LogP contribution in [0.1, 0.15) is 42.7 Å². The number of hydrogen-bond donors (Lipinski definition) is 1. The van der Waals surface area contributed by atoms with Crippen molar-refractivity contribution in [2.75, 3.05) is 7.05 Å². The zero-order valence-electron chi connectivity index (χ0n) is 9.74. The van der Waals surface area contributed by atoms with Crippen LogP contribution < -0.4 is 5.32 Å². The SMILES string of the molecule is CNC(C)c1ccncc1C(=O)C(C)C. The third-order valence-corrected chi connectivity index (χ3v) is 2.54. The molecule has 0 aliphatic rings. The van der Waals surface area contributed by atoms with Crippen molar-refractivity contribution in [2.45, 2.75) is 26.8 Å². The molecule has 82 valence electrons. The summed E-state index contributed by atoms with van der Waals surface area (Å²) in [5, 5.41) is 3.14. The Bertz CT molecular complexity index is 347. The van der Waals surface area contributed by atoms with Crippen LogP contribution >= 0.6 is 0 Å². The normalized spacial score (nSPS) is 12.9. The van der Waals surface area contributed by atoms with E-state index < -0.39 is 0 Å². The largest absolute Gasteiger partial charge is 0.313 e. The Hall–Kier alpha value is -1.22. The molecule has 1 aromatic rings. The Balaban J connectivity index is 3.12. The molecule has 0 amide bonds. The lowest BCUT2D eigenvalue weighted by Crippen LogP contribution is -2.18. The van der Waals surface area contributed by atoms with E-state index in [2.05, 4.69) is 10.3 Å². The van der Waals surface area contributed by atoms with Crippen LogP contribution in [0.2, 0.25) is 0 Å². The van der Waals surface area contributed by atoms with Crippen molar-refractivity contribution in [1.29, 1.82) is 0 Å². The molecular weight excluding hydrogens is 188 g/mol. The lowest BCUT2D eigenvalue weighted by atomic mass is 9.95. The van der Waals surface area contributed by atoms with E-state index in [1.165, 1.54) is 0 Å². The zero-order valence-corrected chi connectivity index (χ0v) is 9.74. The number of carbonyl (C=O) groups excluding carboxylic acids is 1. The van der Waals surface area contributed by atoms with Gasteiger partial charge >= 0.3 is 0 Å². The van der Waals surface area contributed by atoms with Crippen LogP contribution in [-0.2, 0) is 0 Å². The molecule has 1 atom stereocenters. The van der Waals surface area contributed by atoms with Crippen molar-refractivity contribution < 1.29 is 4.79 Å². The summed E-state index contributed by atoms with van der Waals surface area (Å²) in [7, 11) is 1.88. The number of pyridine rings is 1. The monoisotopic (exact) mass is 206 g/mol. The van der Waals surface area contributed by atoms with Gasteiger partial charge in [-0.3, -0.25) is 9.78 Å². The smallest absolute Gasteiger partial charge is 0.167 e. The standard InChI is InChI=1S/C12H18N2O/c1-8(2)12(15)11-7-14-6-5-10(11)9(3)13-4/h5-9,13H,1-4H3. The van der Waals surface area contributed by atoms with Crippen LogP contribution in [0.3, 0.4) is 0 Å². The first-order valence-corrected chi connectivity index (χ1v) is 5.23. The van der Waals surface area contributed by atoms with E-state index in [0.29, 0.717) is 0 Å². The lowest BCUT2D eigenvalue weighted by molar-refractivity contribution is 0.0937. The molecule has 3 heteroatoms. The van der Waals surface area contributed by atoms with Crippen LogP contribution in [0.4, 0.5) is 0 Å². The molecule has 0 radical (unpaired) electrons. The van der Waals surface area contributed by atoms with Gasteiger partial charge in [-0.25, -0.2) is 0 Å². The molecule has 0 aliphatic heterocycles. The molecule has 3 nitrogen and oxygen atoms in total. The first-order chi connectivity index (χ1) is 7.07. The molecule has 0 saturated heterocycles. The minimum atomic E-state index is 0.0111. The predicted octanol–water partition coefficient (Wildman–Crippen LogP) is 2.20. The fraction of sp³-hybridized carbons (Fsp3) is 0.500. The van der Waals surface area contributed by atoms with Gasteiger partial charge in [-0.05, 0) is 25.6 Å². The maximum Gasteiger partial charge on any atom is 0.167 e. The fourth-order valence-corrected chi connectivity index (χ4v) is 1.46. The number of nitrogens with zero attached hydrogens (tertiary/aromatic N) is 1. The Labute approximate surface area is 90.9 Å². The summed E-state index contributed by atoms with van der Waals surface area (Å²) in [4.78, 5) is 15.9. The highest BCUT2D eigenvalue weighted by Crippen LogP contribution is 2.19. The summed E-state index contributed by atoms with van der Waals surface area (Å²) in [5.74, 6) is 0.164. The molecule has 0 bridgehead atoms. The van der Waals surface area contributed by atoms with E-state index in [1.807, 2.05) is 33.9 Å². The van der Waals surface area contributed by atoms with Crippen molar-refractivity contribution >= 4 is 5.78 Å². The van der Waals surface area contributed by atoms with Gasteiger partial charge in [-0.2, -0.15) is 0 Å². The van der Waals surface area contributed by atoms with Gasteiger partial charge < -0.3 is 5.32 Å². The molecule has 0 saturated carbocycles. The van der Waals surface area contributed by atoms with E-state index in [4.69, 9.17) is 0 Å². The highest BCUT2D eigenvalue weighted by Gasteiger charge is 2.17. The minimum Gasteiger partial charge on any atom is -0.313 e. The maximum absolute atomic E-state index is 11.9. The van der Waals surface area contributed by atoms with Gasteiger partial charge in [-0.15, -0.1) is 0 Å². The topological polar surface area (TPSA) is 42.0 Å². The number of hydrogen-bond acceptors (Lipinski definition) is 3. The van der Waals surface area contributed by atoms with Crippen molar-refractivity contribution in [3.05, 3.63) is 29.6 Å². The van der Waals surface area contributed by atoms with Gasteiger partial charge in [0.2, 0.25) is 0 Å². The first kappa shape index (κ1) is 11.9. The number of aromatic nitrogens is 1. The van der Waals surface area contributed by atoms with E-state index in [0.717, 1.165) is 11.1 Å². The second-order valence-electron chi connectivity index (χ2n) is 3.99. The second kappa shape index (κ2) is 5.03. The number of ketones is 1. The van der Waals surface area contributed by atoms with Crippen LogP contribution in [0.25, 0.3) is 0 Å². The van der Waals surface area contributed by atoms with Crippen LogP contribution in [0.15, 0.2) is 18.5 Å². The molecule has 0 spiro atoms. The summed E-state index contributed by atoms with van der Waals surface area (Å²) in [6.07, 6.45) is 3.38. The quantitative estimate of drug-likeness (QED) is 0.768. The van der Waals surface area contributed by atoms with E-state index in [1.54, 1.807) is 12.4 Å². The van der Waals surface area contributed by atoms with E-state index >= 15 is 0 Å². The highest BCUT2D eigenvalue weighted by molar-refractivity contribution is 5.98. The Morgan fingerprint density at radius 1 is 1.40 bits per heavy atom. The van der Waals surface area contributed by atoms with Gasteiger partial charge in [0.05, 0.1) is 0 Å². The molecule has 0 aliphatic carbocycles. The lowest BCUT2D eigenvalue weighted by Gasteiger charge is -2.15. The van der Waals surface area contributed by atoms with Gasteiger partial charge in [0.15, 0.2) is 5.78 Å². The van der Waals surface area contributed by atoms with E-state index in [9.17, 15) is 4.79 Å². The molecule has 1 unspecified atom stereocenters. The predicted molar refractivity (Wildman–Crippen MR) is 60.9 cm³/mol. The molecule has 1 N–H and O–H groups in total. The molecule has 0 fully saturated rings. The van der Waals surface area contributed by atoms with Gasteiger partial charge in [0.25, 0.3) is 0 Å². The van der Waals surface area contributed by atoms with Gasteiger partial charge in [0, 0.05) is 29.9 Å². The Morgan fingerprint density at radius 2 is 2.07 bits per heavy atom. The number of Topliss-reactive ketones (excluding diaryl/α,β-unsaturated/α-hetero) is 1. The van der Waals surface area contributed by atoms with Crippen molar-refractivity contribution in [2.24, 2.45) is 5.92 Å². The van der Waals surface area contributed by atoms with Crippen molar-refractivity contribution in [3.63, 3.8) is 0 Å². The summed E-state index contributed by atoms with van der Waals surface area (Å²) in [5.41, 5.74) is 1.75. The third-order valence-electron chi connectivity index (χ3n) is 2.54. The summed E-state index contributed by atoms with van der Waals surface area (Å²) < 4.78 is 0. The minimum absolute atomic E-state index is 0.0111. The molecule has 15 heavy (non-hydrogen) atoms. The molecule has 1 heterocycles. The molecule has 0 aromatic carbocycles. The van der Waals surface area contributed by atoms with Gasteiger partial charge in [0.1, 0.15) is 0 Å². The maximum atomic E-state index is 11.9. The van der Waals surface area contributed by atoms with Crippen LogP contribution in [0.5, 0.6) is 0 Å². The van der Waals surface area contributed by atoms with Crippen LogP contribution in [0, 0.1) is 5.92 Å². The summed E-state index contributed by atoms with van der Waals surface area (Å²) in [6, 6.07) is 2.07. The van der Waals surface area contributed by atoms with Crippen molar-refractivity contribution in [1.82, 2.24) is 10.3 Å². The molecular formula is C12H18N2O.